The first-order valence-corrected chi connectivity index (χ1v) is 8.04. The highest BCUT2D eigenvalue weighted by Crippen LogP contribution is 2.36. The summed E-state index contributed by atoms with van der Waals surface area (Å²) in [5.74, 6) is 0.0177. The molecule has 1 saturated carbocycles. The molecule has 1 amide bonds. The van der Waals surface area contributed by atoms with E-state index in [0.29, 0.717) is 11.6 Å². The van der Waals surface area contributed by atoms with E-state index in [1.807, 2.05) is 6.92 Å². The Morgan fingerprint density at radius 2 is 2.04 bits per heavy atom. The van der Waals surface area contributed by atoms with Crippen LogP contribution >= 0.6 is 0 Å². The second-order valence-electron chi connectivity index (χ2n) is 6.24. The second kappa shape index (κ2) is 5.63. The number of aromatic nitrogens is 3. The van der Waals surface area contributed by atoms with Gasteiger partial charge in [0.2, 0.25) is 0 Å². The number of aromatic hydroxyl groups is 1. The number of carbonyl (C=O) groups excluding carboxylic acids is 1. The van der Waals surface area contributed by atoms with Crippen LogP contribution in [0.5, 0.6) is 5.75 Å². The molecule has 4 rings (SSSR count). The van der Waals surface area contributed by atoms with Gasteiger partial charge in [-0.25, -0.2) is 9.97 Å². The number of rotatable bonds is 4. The van der Waals surface area contributed by atoms with E-state index in [-0.39, 0.29) is 17.7 Å². The molecule has 1 unspecified atom stereocenters. The van der Waals surface area contributed by atoms with Crippen LogP contribution in [-0.2, 0) is 0 Å². The number of phenols is 1. The van der Waals surface area contributed by atoms with E-state index in [0.717, 1.165) is 16.7 Å². The van der Waals surface area contributed by atoms with Gasteiger partial charge in [0.05, 0.1) is 17.9 Å². The zero-order valence-electron chi connectivity index (χ0n) is 13.3. The summed E-state index contributed by atoms with van der Waals surface area (Å²) in [6, 6.07) is 8.92. The van der Waals surface area contributed by atoms with E-state index in [2.05, 4.69) is 19.9 Å². The van der Waals surface area contributed by atoms with E-state index >= 15 is 0 Å². The molecule has 0 aliphatic heterocycles. The number of hydrogen-bond donors (Lipinski definition) is 2. The van der Waals surface area contributed by atoms with Crippen molar-refractivity contribution in [2.45, 2.75) is 31.8 Å². The molecule has 24 heavy (non-hydrogen) atoms. The summed E-state index contributed by atoms with van der Waals surface area (Å²) in [6.07, 6.45) is 5.73. The summed E-state index contributed by atoms with van der Waals surface area (Å²) in [5, 5.41) is 12.3. The van der Waals surface area contributed by atoms with E-state index in [4.69, 9.17) is 0 Å². The Hall–Kier alpha value is -2.89. The number of carbonyl (C=O) groups is 1. The van der Waals surface area contributed by atoms with Crippen LogP contribution in [0.2, 0.25) is 0 Å². The summed E-state index contributed by atoms with van der Waals surface area (Å²) in [7, 11) is 0. The number of fused-ring (bicyclic) bond motifs is 1. The monoisotopic (exact) mass is 322 g/mol. The van der Waals surface area contributed by atoms with Gasteiger partial charge in [-0.15, -0.1) is 0 Å². The van der Waals surface area contributed by atoms with Gasteiger partial charge in [0.25, 0.3) is 5.91 Å². The number of amides is 1. The average molecular weight is 322 g/mol. The maximum Gasteiger partial charge on any atom is 0.253 e. The largest absolute Gasteiger partial charge is 0.508 e. The molecule has 6 heteroatoms. The van der Waals surface area contributed by atoms with Crippen molar-refractivity contribution in [1.29, 1.82) is 0 Å². The SMILES string of the molecule is CC(NC(=O)c1cnc2c(c1)ncn2C1CC1)c1ccc(O)cc1. The maximum absolute atomic E-state index is 12.5. The number of nitrogens with one attached hydrogen (secondary N) is 1. The van der Waals surface area contributed by atoms with E-state index < -0.39 is 0 Å². The quantitative estimate of drug-likeness (QED) is 0.774. The molecular formula is C18H18N4O2. The van der Waals surface area contributed by atoms with Crippen LogP contribution in [0, 0.1) is 0 Å². The van der Waals surface area contributed by atoms with E-state index in [9.17, 15) is 9.90 Å². The molecule has 2 aromatic heterocycles. The number of imidazole rings is 1. The van der Waals surface area contributed by atoms with Crippen LogP contribution in [0.3, 0.4) is 0 Å². The third-order valence-corrected chi connectivity index (χ3v) is 4.36. The lowest BCUT2D eigenvalue weighted by Gasteiger charge is -2.14. The first kappa shape index (κ1) is 14.7. The molecule has 0 radical (unpaired) electrons. The lowest BCUT2D eigenvalue weighted by atomic mass is 10.1. The van der Waals surface area contributed by atoms with Crippen molar-refractivity contribution >= 4 is 17.1 Å². The van der Waals surface area contributed by atoms with Gasteiger partial charge in [-0.05, 0) is 43.5 Å². The molecule has 2 N–H and O–H groups in total. The number of nitrogens with zero attached hydrogens (tertiary/aromatic N) is 3. The highest BCUT2D eigenvalue weighted by atomic mass is 16.3. The molecule has 1 atom stereocenters. The lowest BCUT2D eigenvalue weighted by Crippen LogP contribution is -2.26. The van der Waals surface area contributed by atoms with Crippen LogP contribution in [-0.4, -0.2) is 25.5 Å². The Labute approximate surface area is 139 Å². The Morgan fingerprint density at radius 3 is 2.75 bits per heavy atom. The van der Waals surface area contributed by atoms with Crippen LogP contribution < -0.4 is 5.32 Å². The van der Waals surface area contributed by atoms with Gasteiger partial charge in [0.15, 0.2) is 5.65 Å². The molecule has 0 bridgehead atoms. The minimum absolute atomic E-state index is 0.169. The zero-order chi connectivity index (χ0) is 16.7. The third-order valence-electron chi connectivity index (χ3n) is 4.36. The van der Waals surface area contributed by atoms with Crippen LogP contribution in [0.1, 0.15) is 47.8 Å². The molecule has 1 aliphatic carbocycles. The van der Waals surface area contributed by atoms with E-state index in [1.165, 1.54) is 12.8 Å². The van der Waals surface area contributed by atoms with Crippen molar-refractivity contribution < 1.29 is 9.90 Å². The zero-order valence-corrected chi connectivity index (χ0v) is 13.3. The highest BCUT2D eigenvalue weighted by molar-refractivity contribution is 5.96. The number of pyridine rings is 1. The molecule has 6 nitrogen and oxygen atoms in total. The van der Waals surface area contributed by atoms with Gasteiger partial charge in [-0.3, -0.25) is 4.79 Å². The van der Waals surface area contributed by atoms with Crippen LogP contribution in [0.4, 0.5) is 0 Å². The summed E-state index contributed by atoms with van der Waals surface area (Å²) >= 11 is 0. The Morgan fingerprint density at radius 1 is 1.29 bits per heavy atom. The normalized spacial score (nSPS) is 15.4. The van der Waals surface area contributed by atoms with Crippen molar-refractivity contribution in [2.24, 2.45) is 0 Å². The molecule has 3 aromatic rings. The molecular weight excluding hydrogens is 304 g/mol. The Balaban J connectivity index is 1.53. The molecule has 0 spiro atoms. The molecule has 1 aromatic carbocycles. The van der Waals surface area contributed by atoms with E-state index in [1.54, 1.807) is 42.9 Å². The Bertz CT molecular complexity index is 897. The number of benzene rings is 1. The molecule has 2 heterocycles. The standard InChI is InChI=1S/C18H18N4O2/c1-11(12-2-6-15(23)7-3-12)21-18(24)13-8-16-17(19-9-13)22(10-20-16)14-4-5-14/h2-3,6-11,14,23H,4-5H2,1H3,(H,21,24). The predicted molar refractivity (Wildman–Crippen MR) is 89.8 cm³/mol. The smallest absolute Gasteiger partial charge is 0.253 e. The predicted octanol–water partition coefficient (Wildman–Crippen LogP) is 2.96. The van der Waals surface area contributed by atoms with Gasteiger partial charge in [-0.1, -0.05) is 12.1 Å². The summed E-state index contributed by atoms with van der Waals surface area (Å²) in [5.41, 5.74) is 3.00. The third kappa shape index (κ3) is 2.71. The summed E-state index contributed by atoms with van der Waals surface area (Å²) in [6.45, 7) is 1.90. The fraction of sp³-hybridized carbons (Fsp3) is 0.278. The first-order valence-electron chi connectivity index (χ1n) is 8.04. The minimum Gasteiger partial charge on any atom is -0.508 e. The van der Waals surface area contributed by atoms with Crippen LogP contribution in [0.15, 0.2) is 42.9 Å². The molecule has 1 aliphatic rings. The van der Waals surface area contributed by atoms with Gasteiger partial charge in [0.1, 0.15) is 11.3 Å². The van der Waals surface area contributed by atoms with Gasteiger partial charge in [-0.2, -0.15) is 0 Å². The topological polar surface area (TPSA) is 80.0 Å². The van der Waals surface area contributed by atoms with Crippen molar-refractivity contribution in [3.05, 3.63) is 54.0 Å². The first-order chi connectivity index (χ1) is 11.6. The summed E-state index contributed by atoms with van der Waals surface area (Å²) in [4.78, 5) is 21.2. The van der Waals surface area contributed by atoms with Crippen molar-refractivity contribution in [3.8, 4) is 5.75 Å². The molecule has 122 valence electrons. The number of phenolic OH excluding ortho intramolecular Hbond substituents is 1. The van der Waals surface area contributed by atoms with Crippen LogP contribution in [0.25, 0.3) is 11.2 Å². The van der Waals surface area contributed by atoms with Gasteiger partial charge < -0.3 is 15.0 Å². The van der Waals surface area contributed by atoms with Crippen molar-refractivity contribution in [2.75, 3.05) is 0 Å². The summed E-state index contributed by atoms with van der Waals surface area (Å²) < 4.78 is 2.08. The maximum atomic E-state index is 12.5. The molecule has 0 saturated heterocycles. The van der Waals surface area contributed by atoms with Crippen molar-refractivity contribution in [1.82, 2.24) is 19.9 Å². The highest BCUT2D eigenvalue weighted by Gasteiger charge is 2.25. The lowest BCUT2D eigenvalue weighted by molar-refractivity contribution is 0.0939. The average Bonchev–Trinajstić information content (AvgIpc) is 3.34. The van der Waals surface area contributed by atoms with Crippen molar-refractivity contribution in [3.63, 3.8) is 0 Å². The fourth-order valence-corrected chi connectivity index (χ4v) is 2.79. The molecule has 1 fully saturated rings. The number of hydrogen-bond acceptors (Lipinski definition) is 4. The fourth-order valence-electron chi connectivity index (χ4n) is 2.79. The second-order valence-corrected chi connectivity index (χ2v) is 6.24. The van der Waals surface area contributed by atoms with Gasteiger partial charge >= 0.3 is 0 Å². The van der Waals surface area contributed by atoms with Gasteiger partial charge in [0, 0.05) is 12.2 Å². The minimum atomic E-state index is -0.189. The Kier molecular flexibility index (Phi) is 3.45.